The number of amides is 1. The molecule has 7 heteroatoms. The van der Waals surface area contributed by atoms with Gasteiger partial charge in [0, 0.05) is 49.6 Å². The van der Waals surface area contributed by atoms with Crippen LogP contribution in [0, 0.1) is 13.8 Å². The number of likely N-dealkylation sites (N-methyl/N-ethyl adjacent to an activating group) is 1. The number of nitrogens with zero attached hydrogens (tertiary/aromatic N) is 5. The number of carbonyl (C=O) groups excluding carboxylic acids is 1. The van der Waals surface area contributed by atoms with Gasteiger partial charge in [0.2, 0.25) is 5.82 Å². The van der Waals surface area contributed by atoms with Gasteiger partial charge < -0.3 is 19.8 Å². The highest BCUT2D eigenvalue weighted by atomic mass is 16.3. The van der Waals surface area contributed by atoms with E-state index in [4.69, 9.17) is 4.98 Å². The predicted molar refractivity (Wildman–Crippen MR) is 106 cm³/mol. The van der Waals surface area contributed by atoms with Crippen LogP contribution in [0.15, 0.2) is 0 Å². The van der Waals surface area contributed by atoms with Crippen molar-refractivity contribution in [2.24, 2.45) is 0 Å². The van der Waals surface area contributed by atoms with E-state index in [2.05, 4.69) is 28.9 Å². The van der Waals surface area contributed by atoms with Gasteiger partial charge in [-0.1, -0.05) is 0 Å². The second-order valence-electron chi connectivity index (χ2n) is 8.09. The third kappa shape index (κ3) is 4.24. The molecule has 1 aromatic heterocycles. The SMILES string of the molecule is Cc1nc(C(=O)N(CCCO)C2CCC2)nc(N2CC[C@@H](N(C)C)C2)c1C. The summed E-state index contributed by atoms with van der Waals surface area (Å²) in [6.45, 7) is 6.53. The summed E-state index contributed by atoms with van der Waals surface area (Å²) in [5.74, 6) is 1.10. The molecule has 0 radical (unpaired) electrons. The van der Waals surface area contributed by atoms with E-state index >= 15 is 0 Å². The van der Waals surface area contributed by atoms with Crippen molar-refractivity contribution >= 4 is 11.7 Å². The number of aliphatic hydroxyl groups excluding tert-OH is 1. The van der Waals surface area contributed by atoms with Crippen LogP contribution < -0.4 is 4.90 Å². The minimum atomic E-state index is -0.0964. The Morgan fingerprint density at radius 2 is 1.93 bits per heavy atom. The third-order valence-electron chi connectivity index (χ3n) is 6.08. The Balaban J connectivity index is 1.85. The molecular weight excluding hydrogens is 342 g/mol. The van der Waals surface area contributed by atoms with Gasteiger partial charge in [-0.15, -0.1) is 0 Å². The van der Waals surface area contributed by atoms with Crippen LogP contribution in [-0.4, -0.2) is 83.2 Å². The first-order chi connectivity index (χ1) is 12.9. The van der Waals surface area contributed by atoms with E-state index < -0.39 is 0 Å². The molecule has 2 heterocycles. The Labute approximate surface area is 162 Å². The number of aromatic nitrogens is 2. The van der Waals surface area contributed by atoms with Crippen LogP contribution in [-0.2, 0) is 0 Å². The molecule has 3 rings (SSSR count). The Kier molecular flexibility index (Phi) is 6.32. The molecule has 0 bridgehead atoms. The van der Waals surface area contributed by atoms with Crippen molar-refractivity contribution in [1.29, 1.82) is 0 Å². The van der Waals surface area contributed by atoms with E-state index in [1.807, 2.05) is 18.7 Å². The van der Waals surface area contributed by atoms with Crippen molar-refractivity contribution in [1.82, 2.24) is 19.8 Å². The molecule has 1 atom stereocenters. The van der Waals surface area contributed by atoms with E-state index in [9.17, 15) is 9.90 Å². The number of carbonyl (C=O) groups is 1. The number of aliphatic hydroxyl groups is 1. The van der Waals surface area contributed by atoms with Gasteiger partial charge in [0.25, 0.3) is 5.91 Å². The molecular formula is C20H33N5O2. The maximum atomic E-state index is 13.2. The fourth-order valence-corrected chi connectivity index (χ4v) is 3.89. The zero-order valence-corrected chi connectivity index (χ0v) is 17.1. The lowest BCUT2D eigenvalue weighted by Gasteiger charge is -2.37. The predicted octanol–water partition coefficient (Wildman–Crippen LogP) is 1.61. The molecule has 1 aromatic rings. The Bertz CT molecular complexity index is 675. The fraction of sp³-hybridized carbons (Fsp3) is 0.750. The monoisotopic (exact) mass is 375 g/mol. The molecule has 0 unspecified atom stereocenters. The second-order valence-corrected chi connectivity index (χ2v) is 8.09. The molecule has 0 aromatic carbocycles. The quantitative estimate of drug-likeness (QED) is 0.781. The van der Waals surface area contributed by atoms with Gasteiger partial charge in [0.15, 0.2) is 0 Å². The van der Waals surface area contributed by atoms with Gasteiger partial charge >= 0.3 is 0 Å². The smallest absolute Gasteiger partial charge is 0.291 e. The summed E-state index contributed by atoms with van der Waals surface area (Å²) in [6.07, 6.45) is 4.92. The van der Waals surface area contributed by atoms with E-state index in [1.54, 1.807) is 0 Å². The molecule has 27 heavy (non-hydrogen) atoms. The Hall–Kier alpha value is -1.73. The molecule has 1 N–H and O–H groups in total. The van der Waals surface area contributed by atoms with Crippen LogP contribution in [0.3, 0.4) is 0 Å². The molecule has 1 saturated heterocycles. The molecule has 0 spiro atoms. The third-order valence-corrected chi connectivity index (χ3v) is 6.08. The Morgan fingerprint density at radius 3 is 2.48 bits per heavy atom. The van der Waals surface area contributed by atoms with Crippen LogP contribution >= 0.6 is 0 Å². The molecule has 2 fully saturated rings. The van der Waals surface area contributed by atoms with Crippen LogP contribution in [0.5, 0.6) is 0 Å². The number of hydrogen-bond acceptors (Lipinski definition) is 6. The van der Waals surface area contributed by atoms with Crippen LogP contribution in [0.2, 0.25) is 0 Å². The van der Waals surface area contributed by atoms with Crippen molar-refractivity contribution in [2.45, 2.75) is 58.0 Å². The Morgan fingerprint density at radius 1 is 1.19 bits per heavy atom. The van der Waals surface area contributed by atoms with Crippen LogP contribution in [0.25, 0.3) is 0 Å². The molecule has 1 aliphatic heterocycles. The molecule has 150 valence electrons. The summed E-state index contributed by atoms with van der Waals surface area (Å²) >= 11 is 0. The van der Waals surface area contributed by atoms with E-state index in [0.29, 0.717) is 24.8 Å². The molecule has 1 aliphatic carbocycles. The minimum absolute atomic E-state index is 0.0925. The normalized spacial score (nSPS) is 20.2. The highest BCUT2D eigenvalue weighted by Gasteiger charge is 2.32. The summed E-state index contributed by atoms with van der Waals surface area (Å²) in [5, 5.41) is 9.20. The topological polar surface area (TPSA) is 72.8 Å². The lowest BCUT2D eigenvalue weighted by molar-refractivity contribution is 0.0549. The molecule has 2 aliphatic rings. The summed E-state index contributed by atoms with van der Waals surface area (Å²) < 4.78 is 0. The van der Waals surface area contributed by atoms with Crippen molar-refractivity contribution < 1.29 is 9.90 Å². The summed E-state index contributed by atoms with van der Waals surface area (Å²) in [4.78, 5) is 28.8. The van der Waals surface area contributed by atoms with Crippen molar-refractivity contribution in [3.05, 3.63) is 17.1 Å². The first kappa shape index (κ1) is 20.0. The lowest BCUT2D eigenvalue weighted by Crippen LogP contribution is -2.45. The summed E-state index contributed by atoms with van der Waals surface area (Å²) in [6, 6.07) is 0.775. The minimum Gasteiger partial charge on any atom is -0.396 e. The van der Waals surface area contributed by atoms with Crippen molar-refractivity contribution in [3.63, 3.8) is 0 Å². The average molecular weight is 376 g/mol. The number of aryl methyl sites for hydroxylation is 1. The zero-order valence-electron chi connectivity index (χ0n) is 17.1. The zero-order chi connectivity index (χ0) is 19.6. The van der Waals surface area contributed by atoms with Crippen molar-refractivity contribution in [2.75, 3.05) is 45.2 Å². The van der Waals surface area contributed by atoms with Crippen LogP contribution in [0.1, 0.15) is 54.0 Å². The second kappa shape index (κ2) is 8.52. The molecule has 7 nitrogen and oxygen atoms in total. The molecule has 1 saturated carbocycles. The van der Waals surface area contributed by atoms with E-state index in [1.165, 1.54) is 0 Å². The van der Waals surface area contributed by atoms with Crippen LogP contribution in [0.4, 0.5) is 5.82 Å². The van der Waals surface area contributed by atoms with Gasteiger partial charge in [-0.2, -0.15) is 0 Å². The number of rotatable bonds is 7. The maximum Gasteiger partial charge on any atom is 0.291 e. The van der Waals surface area contributed by atoms with Gasteiger partial charge in [0.1, 0.15) is 5.82 Å². The first-order valence-corrected chi connectivity index (χ1v) is 10.1. The van der Waals surface area contributed by atoms with Gasteiger partial charge in [0.05, 0.1) is 0 Å². The average Bonchev–Trinajstić information content (AvgIpc) is 3.08. The first-order valence-electron chi connectivity index (χ1n) is 10.1. The van der Waals surface area contributed by atoms with Gasteiger partial charge in [-0.25, -0.2) is 9.97 Å². The highest BCUT2D eigenvalue weighted by Crippen LogP contribution is 2.28. The number of anilines is 1. The van der Waals surface area contributed by atoms with Gasteiger partial charge in [-0.3, -0.25) is 4.79 Å². The largest absolute Gasteiger partial charge is 0.396 e. The van der Waals surface area contributed by atoms with E-state index in [0.717, 1.165) is 55.8 Å². The fourth-order valence-electron chi connectivity index (χ4n) is 3.89. The lowest BCUT2D eigenvalue weighted by atomic mass is 9.91. The van der Waals surface area contributed by atoms with Crippen molar-refractivity contribution in [3.8, 4) is 0 Å². The summed E-state index contributed by atoms with van der Waals surface area (Å²) in [7, 11) is 4.22. The number of hydrogen-bond donors (Lipinski definition) is 1. The van der Waals surface area contributed by atoms with Gasteiger partial charge in [-0.05, 0) is 60.0 Å². The standard InChI is InChI=1S/C20H33N5O2/c1-14-15(2)21-18(20(27)25(10-6-12-26)16-7-5-8-16)22-19(14)24-11-9-17(13-24)23(3)4/h16-17,26H,5-13H2,1-4H3/t17-/m1/s1. The highest BCUT2D eigenvalue weighted by molar-refractivity contribution is 5.91. The maximum absolute atomic E-state index is 13.2. The summed E-state index contributed by atoms with van der Waals surface area (Å²) in [5.41, 5.74) is 1.92. The molecule has 1 amide bonds. The van der Waals surface area contributed by atoms with E-state index in [-0.39, 0.29) is 18.6 Å².